The Kier molecular flexibility index (Phi) is 7.95. The number of benzene rings is 3. The maximum atomic E-state index is 13.1. The van der Waals surface area contributed by atoms with Crippen LogP contribution in [0.4, 0.5) is 19.1 Å². The van der Waals surface area contributed by atoms with Crippen molar-refractivity contribution in [2.75, 3.05) is 11.9 Å². The Labute approximate surface area is 218 Å². The van der Waals surface area contributed by atoms with Crippen LogP contribution in [0.15, 0.2) is 91.1 Å². The first-order chi connectivity index (χ1) is 18.1. The average molecular weight is 521 g/mol. The van der Waals surface area contributed by atoms with E-state index in [1.807, 2.05) is 74.5 Å². The van der Waals surface area contributed by atoms with Crippen molar-refractivity contribution < 1.29 is 22.8 Å². The van der Waals surface area contributed by atoms with Crippen LogP contribution < -0.4 is 5.32 Å². The molecule has 4 aromatic rings. The van der Waals surface area contributed by atoms with Crippen molar-refractivity contribution in [3.63, 3.8) is 0 Å². The molecule has 3 aromatic carbocycles. The summed E-state index contributed by atoms with van der Waals surface area (Å²) in [6, 6.07) is 22.8. The molecule has 1 N–H and O–H groups in total. The number of nitrogens with one attached hydrogen (secondary N) is 1. The van der Waals surface area contributed by atoms with Gasteiger partial charge in [0.25, 0.3) is 0 Å². The van der Waals surface area contributed by atoms with Gasteiger partial charge in [-0.1, -0.05) is 60.7 Å². The van der Waals surface area contributed by atoms with E-state index in [0.717, 1.165) is 23.3 Å². The summed E-state index contributed by atoms with van der Waals surface area (Å²) in [6.45, 7) is 3.45. The molecule has 0 unspecified atom stereocenters. The van der Waals surface area contributed by atoms with Gasteiger partial charge >= 0.3 is 6.18 Å². The molecule has 2 amide bonds. The van der Waals surface area contributed by atoms with Crippen LogP contribution in [0.1, 0.15) is 25.0 Å². The van der Waals surface area contributed by atoms with Gasteiger partial charge in [-0.15, -0.1) is 0 Å². The molecule has 0 saturated carbocycles. The first kappa shape index (κ1) is 26.7. The number of carbonyl (C=O) groups excluding carboxylic acids is 2. The molecule has 1 heterocycles. The van der Waals surface area contributed by atoms with Gasteiger partial charge in [0, 0.05) is 23.5 Å². The van der Waals surface area contributed by atoms with Crippen molar-refractivity contribution in [1.29, 1.82) is 0 Å². The smallest absolute Gasteiger partial charge is 0.331 e. The molecule has 38 heavy (non-hydrogen) atoms. The first-order valence-corrected chi connectivity index (χ1v) is 12.1. The highest BCUT2D eigenvalue weighted by Crippen LogP contribution is 2.31. The number of halogens is 3. The van der Waals surface area contributed by atoms with Crippen molar-refractivity contribution in [3.8, 4) is 16.9 Å². The third kappa shape index (κ3) is 6.47. The first-order valence-electron chi connectivity index (χ1n) is 12.1. The second-order valence-corrected chi connectivity index (χ2v) is 9.06. The molecule has 0 aliphatic carbocycles. The largest absolute Gasteiger partial charge is 0.416 e. The lowest BCUT2D eigenvalue weighted by atomic mass is 10.1. The number of hydrogen-bond donors (Lipinski definition) is 1. The Bertz CT molecular complexity index is 1380. The van der Waals surface area contributed by atoms with Gasteiger partial charge in [0.15, 0.2) is 0 Å². The van der Waals surface area contributed by atoms with Gasteiger partial charge in [0.05, 0.1) is 17.7 Å². The topological polar surface area (TPSA) is 67.2 Å². The predicted octanol–water partition coefficient (Wildman–Crippen LogP) is 5.98. The number of amides is 2. The molecule has 196 valence electrons. The van der Waals surface area contributed by atoms with Gasteiger partial charge < -0.3 is 4.90 Å². The van der Waals surface area contributed by atoms with Gasteiger partial charge in [-0.25, -0.2) is 4.98 Å². The number of nitrogens with zero attached hydrogens (tertiary/aromatic N) is 3. The fraction of sp³-hybridized carbons (Fsp3) is 0.207. The van der Waals surface area contributed by atoms with Crippen molar-refractivity contribution >= 4 is 17.8 Å². The van der Waals surface area contributed by atoms with Crippen LogP contribution >= 0.6 is 0 Å². The number of carbonyl (C=O) groups is 2. The quantitative estimate of drug-likeness (QED) is 0.311. The maximum Gasteiger partial charge on any atom is 0.416 e. The summed E-state index contributed by atoms with van der Waals surface area (Å²) in [6.07, 6.45) is -2.66. The summed E-state index contributed by atoms with van der Waals surface area (Å²) in [5, 5.41) is 2.74. The zero-order chi connectivity index (χ0) is 27.3. The van der Waals surface area contributed by atoms with Crippen LogP contribution in [0.5, 0.6) is 0 Å². The van der Waals surface area contributed by atoms with E-state index in [-0.39, 0.29) is 30.9 Å². The van der Waals surface area contributed by atoms with Crippen molar-refractivity contribution in [3.05, 3.63) is 102 Å². The molecular formula is C29H27F3N4O2. The van der Waals surface area contributed by atoms with Crippen LogP contribution in [-0.2, 0) is 22.2 Å². The summed E-state index contributed by atoms with van der Waals surface area (Å²) in [7, 11) is 0. The highest BCUT2D eigenvalue weighted by molar-refractivity contribution is 5.94. The van der Waals surface area contributed by atoms with E-state index in [4.69, 9.17) is 0 Å². The number of hydrogen-bond acceptors (Lipinski definition) is 3. The number of anilines is 1. The molecule has 0 fully saturated rings. The van der Waals surface area contributed by atoms with Gasteiger partial charge in [-0.3, -0.25) is 19.5 Å². The molecule has 0 aliphatic rings. The highest BCUT2D eigenvalue weighted by Gasteiger charge is 2.30. The van der Waals surface area contributed by atoms with E-state index in [1.54, 1.807) is 6.20 Å². The second kappa shape index (κ2) is 11.3. The van der Waals surface area contributed by atoms with E-state index < -0.39 is 17.6 Å². The van der Waals surface area contributed by atoms with E-state index in [2.05, 4.69) is 10.3 Å². The number of rotatable bonds is 8. The predicted molar refractivity (Wildman–Crippen MR) is 140 cm³/mol. The number of imidazole rings is 1. The molecular weight excluding hydrogens is 493 g/mol. The zero-order valence-corrected chi connectivity index (χ0v) is 20.9. The molecule has 0 atom stereocenters. The second-order valence-electron chi connectivity index (χ2n) is 9.06. The monoisotopic (exact) mass is 520 g/mol. The number of alkyl halides is 3. The van der Waals surface area contributed by atoms with Gasteiger partial charge in [0.1, 0.15) is 6.54 Å². The SMILES string of the molecule is CC(C)N(CC(=O)Nc1nc(-c2ccccc2)cn1-c1ccc(C(F)(F)F)cc1)C(=O)Cc1ccccc1. The maximum absolute atomic E-state index is 13.1. The molecule has 4 rings (SSSR count). The Morgan fingerprint density at radius 2 is 1.53 bits per heavy atom. The van der Waals surface area contributed by atoms with E-state index in [9.17, 15) is 22.8 Å². The molecule has 1 aromatic heterocycles. The Morgan fingerprint density at radius 3 is 2.11 bits per heavy atom. The Hall–Kier alpha value is -4.40. The molecule has 0 bridgehead atoms. The van der Waals surface area contributed by atoms with E-state index >= 15 is 0 Å². The lowest BCUT2D eigenvalue weighted by Crippen LogP contribution is -2.43. The Morgan fingerprint density at radius 1 is 0.921 bits per heavy atom. The minimum atomic E-state index is -4.47. The fourth-order valence-electron chi connectivity index (χ4n) is 3.97. The molecule has 6 nitrogen and oxygen atoms in total. The summed E-state index contributed by atoms with van der Waals surface area (Å²) >= 11 is 0. The normalized spacial score (nSPS) is 11.4. The third-order valence-electron chi connectivity index (χ3n) is 5.96. The van der Waals surface area contributed by atoms with Crippen LogP contribution in [0.25, 0.3) is 16.9 Å². The van der Waals surface area contributed by atoms with Crippen LogP contribution in [-0.4, -0.2) is 38.9 Å². The summed E-state index contributed by atoms with van der Waals surface area (Å²) < 4.78 is 40.8. The fourth-order valence-corrected chi connectivity index (χ4v) is 3.97. The minimum Gasteiger partial charge on any atom is -0.331 e. The van der Waals surface area contributed by atoms with Gasteiger partial charge in [-0.05, 0) is 43.7 Å². The molecule has 0 radical (unpaired) electrons. The summed E-state index contributed by atoms with van der Waals surface area (Å²) in [5.74, 6) is -0.538. The standard InChI is InChI=1S/C29H27F3N4O2/c1-20(2)35(27(38)17-21-9-5-3-6-10-21)19-26(37)34-28-33-25(22-11-7-4-8-12-22)18-36(28)24-15-13-23(14-16-24)29(30,31)32/h3-16,18,20H,17,19H2,1-2H3,(H,33,34,37). The lowest BCUT2D eigenvalue weighted by Gasteiger charge is -2.26. The molecule has 0 aliphatic heterocycles. The molecule has 0 saturated heterocycles. The summed E-state index contributed by atoms with van der Waals surface area (Å²) in [4.78, 5) is 32.1. The summed E-state index contributed by atoms with van der Waals surface area (Å²) in [5.41, 5.74) is 1.76. The van der Waals surface area contributed by atoms with E-state index in [1.165, 1.54) is 21.6 Å². The van der Waals surface area contributed by atoms with Crippen molar-refractivity contribution in [2.45, 2.75) is 32.5 Å². The van der Waals surface area contributed by atoms with E-state index in [0.29, 0.717) is 11.4 Å². The number of aromatic nitrogens is 2. The van der Waals surface area contributed by atoms with Gasteiger partial charge in [0.2, 0.25) is 17.8 Å². The highest BCUT2D eigenvalue weighted by atomic mass is 19.4. The van der Waals surface area contributed by atoms with Crippen LogP contribution in [0.3, 0.4) is 0 Å². The van der Waals surface area contributed by atoms with Crippen molar-refractivity contribution in [1.82, 2.24) is 14.5 Å². The van der Waals surface area contributed by atoms with Crippen LogP contribution in [0, 0.1) is 0 Å². The zero-order valence-electron chi connectivity index (χ0n) is 20.9. The van der Waals surface area contributed by atoms with Crippen molar-refractivity contribution in [2.24, 2.45) is 0 Å². The molecule has 0 spiro atoms. The van der Waals surface area contributed by atoms with Crippen LogP contribution in [0.2, 0.25) is 0 Å². The average Bonchev–Trinajstić information content (AvgIpc) is 3.31. The minimum absolute atomic E-state index is 0.132. The Balaban J connectivity index is 1.59. The molecule has 9 heteroatoms. The lowest BCUT2D eigenvalue weighted by molar-refractivity contribution is -0.137. The third-order valence-corrected chi connectivity index (χ3v) is 5.96. The van der Waals surface area contributed by atoms with Gasteiger partial charge in [-0.2, -0.15) is 13.2 Å².